The first-order chi connectivity index (χ1) is 12.4. The van der Waals surface area contributed by atoms with Crippen molar-refractivity contribution in [3.05, 3.63) is 60.2 Å². The smallest absolute Gasteiger partial charge is 0.255 e. The van der Waals surface area contributed by atoms with Crippen LogP contribution in [-0.4, -0.2) is 53.2 Å². The van der Waals surface area contributed by atoms with E-state index < -0.39 is 9.84 Å². The fourth-order valence-electron chi connectivity index (χ4n) is 2.98. The monoisotopic (exact) mass is 373 g/mol. The Morgan fingerprint density at radius 3 is 2.38 bits per heavy atom. The molecule has 0 aliphatic carbocycles. The number of fused-ring (bicyclic) bond motifs is 1. The zero-order chi connectivity index (χ0) is 18.3. The molecule has 0 saturated carbocycles. The Kier molecular flexibility index (Phi) is 3.99. The molecule has 1 amide bonds. The van der Waals surface area contributed by atoms with Crippen LogP contribution >= 0.6 is 0 Å². The molecule has 0 radical (unpaired) electrons. The van der Waals surface area contributed by atoms with Crippen LogP contribution in [0.5, 0.6) is 0 Å². The van der Waals surface area contributed by atoms with Crippen molar-refractivity contribution in [1.29, 1.82) is 0 Å². The fraction of sp³-hybridized carbons (Fsp3) is 0.222. The van der Waals surface area contributed by atoms with Gasteiger partial charge in [-0.05, 0) is 36.4 Å². The van der Waals surface area contributed by atoms with Gasteiger partial charge in [0.05, 0.1) is 22.8 Å². The third-order valence-corrected chi connectivity index (χ3v) is 6.08. The molecule has 26 heavy (non-hydrogen) atoms. The lowest BCUT2D eigenvalue weighted by Gasteiger charge is -2.26. The summed E-state index contributed by atoms with van der Waals surface area (Å²) in [6, 6.07) is 9.47. The number of benzene rings is 1. The lowest BCUT2D eigenvalue weighted by atomic mass is 10.2. The number of halogens is 1. The molecule has 3 aromatic rings. The minimum absolute atomic E-state index is 0.000768. The van der Waals surface area contributed by atoms with Gasteiger partial charge in [0, 0.05) is 31.0 Å². The second kappa shape index (κ2) is 6.21. The number of carbonyl (C=O) groups excluding carboxylic acids is 1. The van der Waals surface area contributed by atoms with Crippen LogP contribution in [0.2, 0.25) is 0 Å². The van der Waals surface area contributed by atoms with Crippen molar-refractivity contribution >= 4 is 21.4 Å². The normalized spacial score (nSPS) is 16.7. The van der Waals surface area contributed by atoms with Gasteiger partial charge in [0.1, 0.15) is 11.5 Å². The highest BCUT2D eigenvalue weighted by Gasteiger charge is 2.26. The average Bonchev–Trinajstić information content (AvgIpc) is 3.05. The molecule has 1 aliphatic heterocycles. The van der Waals surface area contributed by atoms with Gasteiger partial charge in [-0.25, -0.2) is 17.8 Å². The van der Waals surface area contributed by atoms with Gasteiger partial charge in [0.2, 0.25) is 0 Å². The number of amides is 1. The molecule has 6 nitrogen and oxygen atoms in total. The van der Waals surface area contributed by atoms with Crippen molar-refractivity contribution in [3.63, 3.8) is 0 Å². The first-order valence-corrected chi connectivity index (χ1v) is 9.98. The van der Waals surface area contributed by atoms with Crippen LogP contribution in [0.3, 0.4) is 0 Å². The van der Waals surface area contributed by atoms with Crippen LogP contribution in [0, 0.1) is 5.82 Å². The van der Waals surface area contributed by atoms with E-state index in [2.05, 4.69) is 4.98 Å². The molecule has 134 valence electrons. The van der Waals surface area contributed by atoms with Crippen LogP contribution in [0.1, 0.15) is 10.4 Å². The molecule has 0 N–H and O–H groups in total. The van der Waals surface area contributed by atoms with Gasteiger partial charge >= 0.3 is 0 Å². The predicted octanol–water partition coefficient (Wildman–Crippen LogP) is 2.01. The third-order valence-electron chi connectivity index (χ3n) is 4.47. The van der Waals surface area contributed by atoms with Crippen LogP contribution in [0.4, 0.5) is 4.39 Å². The number of rotatable bonds is 2. The van der Waals surface area contributed by atoms with Gasteiger partial charge in [-0.3, -0.25) is 4.79 Å². The van der Waals surface area contributed by atoms with E-state index in [0.29, 0.717) is 16.9 Å². The van der Waals surface area contributed by atoms with Crippen molar-refractivity contribution < 1.29 is 17.6 Å². The molecule has 0 atom stereocenters. The minimum Gasteiger partial charge on any atom is -0.337 e. The van der Waals surface area contributed by atoms with Crippen molar-refractivity contribution in [1.82, 2.24) is 14.3 Å². The molecule has 1 fully saturated rings. The topological polar surface area (TPSA) is 71.8 Å². The quantitative estimate of drug-likeness (QED) is 0.689. The van der Waals surface area contributed by atoms with E-state index in [1.165, 1.54) is 12.1 Å². The standard InChI is InChI=1S/C18H16FN3O3S/c19-15-4-1-13(2-5-15)16-12-22-11-14(3-6-17(22)20-16)18(23)21-7-9-26(24,25)10-8-21/h1-6,11-12H,7-10H2. The second-order valence-electron chi connectivity index (χ2n) is 6.26. The Bertz CT molecular complexity index is 1080. The number of nitrogens with zero attached hydrogens (tertiary/aromatic N) is 3. The molecular weight excluding hydrogens is 357 g/mol. The van der Waals surface area contributed by atoms with Gasteiger partial charge in [0.15, 0.2) is 9.84 Å². The van der Waals surface area contributed by atoms with Crippen LogP contribution < -0.4 is 0 Å². The summed E-state index contributed by atoms with van der Waals surface area (Å²) in [5, 5.41) is 0. The summed E-state index contributed by atoms with van der Waals surface area (Å²) < 4.78 is 37.8. The number of sulfone groups is 1. The van der Waals surface area contributed by atoms with Crippen molar-refractivity contribution in [3.8, 4) is 11.3 Å². The Hall–Kier alpha value is -2.74. The molecule has 2 aromatic heterocycles. The Balaban J connectivity index is 1.61. The minimum atomic E-state index is -3.03. The number of pyridine rings is 1. The van der Waals surface area contributed by atoms with Crippen LogP contribution in [0.15, 0.2) is 48.8 Å². The molecule has 0 spiro atoms. The maximum absolute atomic E-state index is 13.1. The highest BCUT2D eigenvalue weighted by Crippen LogP contribution is 2.20. The summed E-state index contributed by atoms with van der Waals surface area (Å²) in [4.78, 5) is 18.7. The third kappa shape index (κ3) is 3.20. The molecule has 8 heteroatoms. The van der Waals surface area contributed by atoms with E-state index in [1.807, 2.05) is 0 Å². The number of carbonyl (C=O) groups is 1. The Labute approximate surface area is 149 Å². The van der Waals surface area contributed by atoms with Gasteiger partial charge in [0.25, 0.3) is 5.91 Å². The summed E-state index contributed by atoms with van der Waals surface area (Å²) in [6.07, 6.45) is 3.46. The molecule has 1 aromatic carbocycles. The fourth-order valence-corrected chi connectivity index (χ4v) is 4.18. The van der Waals surface area contributed by atoms with Gasteiger partial charge in [-0.2, -0.15) is 0 Å². The second-order valence-corrected chi connectivity index (χ2v) is 8.56. The number of aromatic nitrogens is 2. The average molecular weight is 373 g/mol. The zero-order valence-electron chi connectivity index (χ0n) is 13.8. The van der Waals surface area contributed by atoms with Crippen molar-refractivity contribution in [2.24, 2.45) is 0 Å². The van der Waals surface area contributed by atoms with Crippen molar-refractivity contribution in [2.75, 3.05) is 24.6 Å². The summed E-state index contributed by atoms with van der Waals surface area (Å²) in [6.45, 7) is 0.425. The van der Waals surface area contributed by atoms with Gasteiger partial charge < -0.3 is 9.30 Å². The van der Waals surface area contributed by atoms with Gasteiger partial charge in [-0.1, -0.05) is 0 Å². The van der Waals surface area contributed by atoms with E-state index in [4.69, 9.17) is 0 Å². The molecule has 0 bridgehead atoms. The highest BCUT2D eigenvalue weighted by molar-refractivity contribution is 7.91. The zero-order valence-corrected chi connectivity index (χ0v) is 14.6. The first-order valence-electron chi connectivity index (χ1n) is 8.16. The van der Waals surface area contributed by atoms with E-state index in [9.17, 15) is 17.6 Å². The summed E-state index contributed by atoms with van der Waals surface area (Å²) in [5.41, 5.74) is 2.60. The van der Waals surface area contributed by atoms with Crippen LogP contribution in [0.25, 0.3) is 16.9 Å². The molecule has 1 saturated heterocycles. The molecule has 4 rings (SSSR count). The highest BCUT2D eigenvalue weighted by atomic mass is 32.2. The van der Waals surface area contributed by atoms with E-state index in [0.717, 1.165) is 5.56 Å². The molecule has 0 unspecified atom stereocenters. The first kappa shape index (κ1) is 16.7. The predicted molar refractivity (Wildman–Crippen MR) is 95.1 cm³/mol. The number of imidazole rings is 1. The largest absolute Gasteiger partial charge is 0.337 e. The van der Waals surface area contributed by atoms with E-state index in [-0.39, 0.29) is 36.3 Å². The van der Waals surface area contributed by atoms with Crippen molar-refractivity contribution in [2.45, 2.75) is 0 Å². The molecule has 1 aliphatic rings. The summed E-state index contributed by atoms with van der Waals surface area (Å²) in [5.74, 6) is -0.505. The van der Waals surface area contributed by atoms with Gasteiger partial charge in [-0.15, -0.1) is 0 Å². The van der Waals surface area contributed by atoms with E-state index >= 15 is 0 Å². The summed E-state index contributed by atoms with van der Waals surface area (Å²) >= 11 is 0. The van der Waals surface area contributed by atoms with Crippen LogP contribution in [-0.2, 0) is 9.84 Å². The molecule has 3 heterocycles. The summed E-state index contributed by atoms with van der Waals surface area (Å²) in [7, 11) is -3.03. The maximum atomic E-state index is 13.1. The number of hydrogen-bond donors (Lipinski definition) is 0. The Morgan fingerprint density at radius 2 is 1.69 bits per heavy atom. The maximum Gasteiger partial charge on any atom is 0.255 e. The lowest BCUT2D eigenvalue weighted by Crippen LogP contribution is -2.43. The number of hydrogen-bond acceptors (Lipinski definition) is 4. The SMILES string of the molecule is O=C(c1ccc2nc(-c3ccc(F)cc3)cn2c1)N1CCS(=O)(=O)CC1. The molecular formula is C18H16FN3O3S. The lowest BCUT2D eigenvalue weighted by molar-refractivity contribution is 0.0769. The van der Waals surface area contributed by atoms with E-state index in [1.54, 1.807) is 46.0 Å². The Morgan fingerprint density at radius 1 is 1.00 bits per heavy atom.